The first-order valence-electron chi connectivity index (χ1n) is 6.65. The van der Waals surface area contributed by atoms with Crippen molar-refractivity contribution in [1.29, 1.82) is 0 Å². The zero-order chi connectivity index (χ0) is 13.1. The number of aromatic nitrogens is 1. The second-order valence-corrected chi connectivity index (χ2v) is 4.82. The van der Waals surface area contributed by atoms with Gasteiger partial charge in [-0.3, -0.25) is 4.79 Å². The van der Waals surface area contributed by atoms with Gasteiger partial charge in [-0.1, -0.05) is 28.9 Å². The summed E-state index contributed by atoms with van der Waals surface area (Å²) in [6, 6.07) is 7.43. The Morgan fingerprint density at radius 2 is 2.21 bits per heavy atom. The second kappa shape index (κ2) is 5.26. The monoisotopic (exact) mass is 256 g/mol. The summed E-state index contributed by atoms with van der Waals surface area (Å²) in [7, 11) is 0. The fourth-order valence-electron chi connectivity index (χ4n) is 2.39. The van der Waals surface area contributed by atoms with Crippen molar-refractivity contribution in [2.45, 2.75) is 25.7 Å². The number of fused-ring (bicyclic) bond motifs is 1. The van der Waals surface area contributed by atoms with Crippen molar-refractivity contribution in [2.24, 2.45) is 0 Å². The highest BCUT2D eigenvalue weighted by Crippen LogP contribution is 2.19. The second-order valence-electron chi connectivity index (χ2n) is 4.82. The minimum atomic E-state index is -0.194. The number of rotatable bonds is 3. The maximum absolute atomic E-state index is 12.1. The Morgan fingerprint density at radius 1 is 1.32 bits per heavy atom. The van der Waals surface area contributed by atoms with Gasteiger partial charge in [0.25, 0.3) is 5.91 Å². The first-order valence-corrected chi connectivity index (χ1v) is 6.65. The van der Waals surface area contributed by atoms with Crippen LogP contribution in [-0.2, 0) is 0 Å². The maximum Gasteiger partial charge on any atom is 0.290 e. The van der Waals surface area contributed by atoms with Crippen molar-refractivity contribution in [3.8, 4) is 0 Å². The van der Waals surface area contributed by atoms with Gasteiger partial charge in [0.1, 0.15) is 5.52 Å². The van der Waals surface area contributed by atoms with Crippen molar-refractivity contribution in [2.75, 3.05) is 6.54 Å². The van der Waals surface area contributed by atoms with E-state index in [1.807, 2.05) is 24.3 Å². The lowest BCUT2D eigenvalue weighted by atomic mass is 10.00. The number of allylic oxidation sites excluding steroid dienone is 1. The number of hydrogen-bond acceptors (Lipinski definition) is 3. The molecule has 0 aliphatic heterocycles. The summed E-state index contributed by atoms with van der Waals surface area (Å²) in [6.07, 6.45) is 6.90. The molecule has 4 heteroatoms. The van der Waals surface area contributed by atoms with Crippen molar-refractivity contribution in [3.63, 3.8) is 0 Å². The molecular formula is C15H16N2O2. The summed E-state index contributed by atoms with van der Waals surface area (Å²) in [5.74, 6) is 0.104. The molecule has 0 radical (unpaired) electrons. The van der Waals surface area contributed by atoms with Gasteiger partial charge in [-0.2, -0.15) is 0 Å². The van der Waals surface area contributed by atoms with Gasteiger partial charge in [0.2, 0.25) is 5.76 Å². The van der Waals surface area contributed by atoms with Crippen LogP contribution in [0.1, 0.15) is 36.2 Å². The normalized spacial score (nSPS) is 15.3. The predicted molar refractivity (Wildman–Crippen MR) is 72.9 cm³/mol. The van der Waals surface area contributed by atoms with Gasteiger partial charge < -0.3 is 9.84 Å². The Morgan fingerprint density at radius 3 is 3.05 bits per heavy atom. The lowest BCUT2D eigenvalue weighted by molar-refractivity contribution is 0.0922. The molecule has 0 saturated heterocycles. The molecule has 2 aromatic rings. The molecular weight excluding hydrogens is 240 g/mol. The van der Waals surface area contributed by atoms with Gasteiger partial charge in [0.05, 0.1) is 5.39 Å². The zero-order valence-corrected chi connectivity index (χ0v) is 10.7. The van der Waals surface area contributed by atoms with E-state index < -0.39 is 0 Å². The van der Waals surface area contributed by atoms with E-state index in [2.05, 4.69) is 16.5 Å². The van der Waals surface area contributed by atoms with E-state index in [-0.39, 0.29) is 5.91 Å². The summed E-state index contributed by atoms with van der Waals surface area (Å²) in [5.41, 5.74) is 2.02. The van der Waals surface area contributed by atoms with E-state index >= 15 is 0 Å². The average Bonchev–Trinajstić information content (AvgIpc) is 2.90. The molecule has 0 bridgehead atoms. The largest absolute Gasteiger partial charge is 0.350 e. The minimum absolute atomic E-state index is 0.194. The quantitative estimate of drug-likeness (QED) is 0.859. The van der Waals surface area contributed by atoms with Crippen molar-refractivity contribution in [3.05, 3.63) is 41.7 Å². The van der Waals surface area contributed by atoms with Crippen LogP contribution in [0.15, 0.2) is 40.4 Å². The SMILES string of the molecule is O=C(NCC1=CCCCC1)c1onc2ccccc12. The molecule has 0 fully saturated rings. The van der Waals surface area contributed by atoms with Crippen LogP contribution in [0, 0.1) is 0 Å². The molecule has 1 heterocycles. The Kier molecular flexibility index (Phi) is 3.31. The molecule has 0 atom stereocenters. The van der Waals surface area contributed by atoms with Crippen LogP contribution in [0.2, 0.25) is 0 Å². The summed E-state index contributed by atoms with van der Waals surface area (Å²) in [4.78, 5) is 12.1. The summed E-state index contributed by atoms with van der Waals surface area (Å²) < 4.78 is 5.14. The third kappa shape index (κ3) is 2.52. The Labute approximate surface area is 111 Å². The van der Waals surface area contributed by atoms with Crippen LogP contribution in [0.3, 0.4) is 0 Å². The fourth-order valence-corrected chi connectivity index (χ4v) is 2.39. The van der Waals surface area contributed by atoms with Crippen molar-refractivity contribution >= 4 is 16.8 Å². The number of nitrogens with one attached hydrogen (secondary N) is 1. The average molecular weight is 256 g/mol. The van der Waals surface area contributed by atoms with Crippen LogP contribution in [0.25, 0.3) is 10.9 Å². The number of carbonyl (C=O) groups excluding carboxylic acids is 1. The molecule has 1 N–H and O–H groups in total. The van der Waals surface area contributed by atoms with Gasteiger partial charge in [-0.25, -0.2) is 0 Å². The molecule has 98 valence electrons. The molecule has 4 nitrogen and oxygen atoms in total. The van der Waals surface area contributed by atoms with E-state index in [4.69, 9.17) is 4.52 Å². The van der Waals surface area contributed by atoms with Crippen molar-refractivity contribution in [1.82, 2.24) is 10.5 Å². The van der Waals surface area contributed by atoms with Crippen molar-refractivity contribution < 1.29 is 9.32 Å². The standard InChI is InChI=1S/C15H16N2O2/c18-15(16-10-11-6-2-1-3-7-11)14-12-8-4-5-9-13(12)17-19-14/h4-6,8-9H,1-3,7,10H2,(H,16,18). The summed E-state index contributed by atoms with van der Waals surface area (Å²) >= 11 is 0. The van der Waals surface area contributed by atoms with Crippen LogP contribution < -0.4 is 5.32 Å². The van der Waals surface area contributed by atoms with Gasteiger partial charge in [0, 0.05) is 6.54 Å². The topological polar surface area (TPSA) is 55.1 Å². The first-order chi connectivity index (χ1) is 9.34. The number of hydrogen-bond donors (Lipinski definition) is 1. The molecule has 0 saturated carbocycles. The van der Waals surface area contributed by atoms with Crippen LogP contribution >= 0.6 is 0 Å². The molecule has 19 heavy (non-hydrogen) atoms. The number of carbonyl (C=O) groups is 1. The molecule has 1 aromatic heterocycles. The number of amides is 1. The van der Waals surface area contributed by atoms with Crippen LogP contribution in [0.5, 0.6) is 0 Å². The highest BCUT2D eigenvalue weighted by molar-refractivity contribution is 6.03. The van der Waals surface area contributed by atoms with Gasteiger partial charge in [-0.05, 0) is 37.8 Å². The molecule has 1 aromatic carbocycles. The third-order valence-corrected chi connectivity index (χ3v) is 3.45. The van der Waals surface area contributed by atoms with E-state index in [0.29, 0.717) is 17.8 Å². The predicted octanol–water partition coefficient (Wildman–Crippen LogP) is 3.06. The molecule has 1 aliphatic rings. The summed E-state index contributed by atoms with van der Waals surface area (Å²) in [5, 5.41) is 7.55. The molecule has 0 spiro atoms. The number of nitrogens with zero attached hydrogens (tertiary/aromatic N) is 1. The zero-order valence-electron chi connectivity index (χ0n) is 10.7. The number of benzene rings is 1. The highest BCUT2D eigenvalue weighted by atomic mass is 16.5. The van der Waals surface area contributed by atoms with Crippen LogP contribution in [0.4, 0.5) is 0 Å². The summed E-state index contributed by atoms with van der Waals surface area (Å²) in [6.45, 7) is 0.605. The fraction of sp³-hybridized carbons (Fsp3) is 0.333. The Bertz CT molecular complexity index is 628. The van der Waals surface area contributed by atoms with Gasteiger partial charge in [0.15, 0.2) is 0 Å². The maximum atomic E-state index is 12.1. The Hall–Kier alpha value is -2.10. The molecule has 1 amide bonds. The lowest BCUT2D eigenvalue weighted by Gasteiger charge is -2.12. The minimum Gasteiger partial charge on any atom is -0.350 e. The lowest BCUT2D eigenvalue weighted by Crippen LogP contribution is -2.25. The van der Waals surface area contributed by atoms with Gasteiger partial charge >= 0.3 is 0 Å². The smallest absolute Gasteiger partial charge is 0.290 e. The van der Waals surface area contributed by atoms with Crippen LogP contribution in [-0.4, -0.2) is 17.6 Å². The molecule has 3 rings (SSSR count). The van der Waals surface area contributed by atoms with E-state index in [1.54, 1.807) is 0 Å². The molecule has 0 unspecified atom stereocenters. The van der Waals surface area contributed by atoms with Gasteiger partial charge in [-0.15, -0.1) is 0 Å². The highest BCUT2D eigenvalue weighted by Gasteiger charge is 2.16. The van der Waals surface area contributed by atoms with E-state index in [9.17, 15) is 4.79 Å². The van der Waals surface area contributed by atoms with E-state index in [1.165, 1.54) is 18.4 Å². The Balaban J connectivity index is 1.71. The first kappa shape index (κ1) is 12.0. The molecule has 1 aliphatic carbocycles. The third-order valence-electron chi connectivity index (χ3n) is 3.45. The van der Waals surface area contributed by atoms with E-state index in [0.717, 1.165) is 18.2 Å².